The summed E-state index contributed by atoms with van der Waals surface area (Å²) < 4.78 is 0. The number of anilines is 1. The molecule has 0 fully saturated rings. The molecule has 0 saturated carbocycles. The Kier molecular flexibility index (Phi) is 4.14. The van der Waals surface area contributed by atoms with Crippen LogP contribution in [0.15, 0.2) is 24.5 Å². The third kappa shape index (κ3) is 3.82. The Balaban J connectivity index is 2.37. The van der Waals surface area contributed by atoms with E-state index in [1.807, 2.05) is 12.1 Å². The van der Waals surface area contributed by atoms with Crippen molar-refractivity contribution in [1.29, 1.82) is 0 Å². The maximum absolute atomic E-state index is 5.31. The minimum absolute atomic E-state index is 0.564. The highest BCUT2D eigenvalue weighted by Crippen LogP contribution is 2.01. The van der Waals surface area contributed by atoms with Gasteiger partial charge in [-0.1, -0.05) is 0 Å². The van der Waals surface area contributed by atoms with Gasteiger partial charge >= 0.3 is 0 Å². The predicted octanol–water partition coefficient (Wildman–Crippen LogP) is 0.327. The van der Waals surface area contributed by atoms with Crippen molar-refractivity contribution in [3.05, 3.63) is 24.5 Å². The minimum atomic E-state index is 0.564. The van der Waals surface area contributed by atoms with E-state index in [-0.39, 0.29) is 0 Å². The SMILES string of the molecule is NCCNC(=S)Nc1cccnc1. The second kappa shape index (κ2) is 5.45. The molecule has 4 N–H and O–H groups in total. The summed E-state index contributed by atoms with van der Waals surface area (Å²) in [4.78, 5) is 3.94. The number of rotatable bonds is 3. The molecule has 0 aromatic carbocycles. The first kappa shape index (κ1) is 9.88. The Morgan fingerprint density at radius 3 is 3.08 bits per heavy atom. The Morgan fingerprint density at radius 1 is 1.62 bits per heavy atom. The number of nitrogens with two attached hydrogens (primary N) is 1. The monoisotopic (exact) mass is 196 g/mol. The summed E-state index contributed by atoms with van der Waals surface area (Å²) >= 11 is 5.00. The molecule has 0 spiro atoms. The number of pyridine rings is 1. The topological polar surface area (TPSA) is 63.0 Å². The standard InChI is InChI=1S/C8H12N4S/c9-3-5-11-8(13)12-7-2-1-4-10-6-7/h1-2,4,6H,3,5,9H2,(H2,11,12,13). The van der Waals surface area contributed by atoms with E-state index < -0.39 is 0 Å². The molecule has 0 aliphatic rings. The maximum Gasteiger partial charge on any atom is 0.170 e. The lowest BCUT2D eigenvalue weighted by atomic mass is 10.4. The van der Waals surface area contributed by atoms with Crippen molar-refractivity contribution in [3.63, 3.8) is 0 Å². The summed E-state index contributed by atoms with van der Waals surface area (Å²) in [7, 11) is 0. The number of hydrogen-bond donors (Lipinski definition) is 3. The Bertz CT molecular complexity index is 262. The van der Waals surface area contributed by atoms with Crippen LogP contribution in [-0.4, -0.2) is 23.2 Å². The van der Waals surface area contributed by atoms with Crippen LogP contribution in [0.4, 0.5) is 5.69 Å². The van der Waals surface area contributed by atoms with E-state index in [4.69, 9.17) is 18.0 Å². The molecule has 1 aromatic rings. The highest BCUT2D eigenvalue weighted by atomic mass is 32.1. The predicted molar refractivity (Wildman–Crippen MR) is 57.5 cm³/mol. The Morgan fingerprint density at radius 2 is 2.46 bits per heavy atom. The van der Waals surface area contributed by atoms with Crippen LogP contribution >= 0.6 is 12.2 Å². The lowest BCUT2D eigenvalue weighted by Gasteiger charge is -2.08. The van der Waals surface area contributed by atoms with E-state index in [1.54, 1.807) is 12.4 Å². The van der Waals surface area contributed by atoms with Crippen molar-refractivity contribution in [2.75, 3.05) is 18.4 Å². The number of hydrogen-bond acceptors (Lipinski definition) is 3. The number of nitrogens with zero attached hydrogens (tertiary/aromatic N) is 1. The zero-order chi connectivity index (χ0) is 9.52. The first-order valence-corrected chi connectivity index (χ1v) is 4.38. The smallest absolute Gasteiger partial charge is 0.170 e. The van der Waals surface area contributed by atoms with Gasteiger partial charge in [0.2, 0.25) is 0 Å². The third-order valence-corrected chi connectivity index (χ3v) is 1.60. The second-order valence-electron chi connectivity index (χ2n) is 2.41. The molecule has 0 bridgehead atoms. The molecule has 13 heavy (non-hydrogen) atoms. The average Bonchev–Trinajstić information content (AvgIpc) is 2.16. The molecule has 70 valence electrons. The summed E-state index contributed by atoms with van der Waals surface area (Å²) in [6, 6.07) is 3.73. The first-order valence-electron chi connectivity index (χ1n) is 3.98. The van der Waals surface area contributed by atoms with Crippen molar-refractivity contribution in [1.82, 2.24) is 10.3 Å². The van der Waals surface area contributed by atoms with Crippen LogP contribution in [0.2, 0.25) is 0 Å². The summed E-state index contributed by atoms with van der Waals surface area (Å²) in [5.41, 5.74) is 6.18. The molecular weight excluding hydrogens is 184 g/mol. The van der Waals surface area contributed by atoms with Gasteiger partial charge in [0.05, 0.1) is 11.9 Å². The Hall–Kier alpha value is -1.20. The molecule has 0 saturated heterocycles. The average molecular weight is 196 g/mol. The van der Waals surface area contributed by atoms with Crippen LogP contribution in [0.3, 0.4) is 0 Å². The van der Waals surface area contributed by atoms with Crippen molar-refractivity contribution in [3.8, 4) is 0 Å². The Labute approximate surface area is 82.5 Å². The molecule has 0 amide bonds. The fourth-order valence-corrected chi connectivity index (χ4v) is 1.02. The molecule has 0 aliphatic carbocycles. The van der Waals surface area contributed by atoms with Gasteiger partial charge in [0.15, 0.2) is 5.11 Å². The summed E-state index contributed by atoms with van der Waals surface area (Å²) in [5.74, 6) is 0. The van der Waals surface area contributed by atoms with Crippen molar-refractivity contribution in [2.24, 2.45) is 5.73 Å². The summed E-state index contributed by atoms with van der Waals surface area (Å²) in [6.45, 7) is 1.24. The molecular formula is C8H12N4S. The largest absolute Gasteiger partial charge is 0.361 e. The van der Waals surface area contributed by atoms with Crippen molar-refractivity contribution in [2.45, 2.75) is 0 Å². The summed E-state index contributed by atoms with van der Waals surface area (Å²) in [6.07, 6.45) is 3.41. The highest BCUT2D eigenvalue weighted by molar-refractivity contribution is 7.80. The summed E-state index contributed by atoms with van der Waals surface area (Å²) in [5, 5.41) is 6.50. The third-order valence-electron chi connectivity index (χ3n) is 1.35. The number of aromatic nitrogens is 1. The van der Waals surface area contributed by atoms with Gasteiger partial charge in [0.25, 0.3) is 0 Å². The maximum atomic E-state index is 5.31. The van der Waals surface area contributed by atoms with E-state index in [0.717, 1.165) is 5.69 Å². The van der Waals surface area contributed by atoms with Gasteiger partial charge in [-0.2, -0.15) is 0 Å². The van der Waals surface area contributed by atoms with Gasteiger partial charge in [-0.05, 0) is 24.4 Å². The minimum Gasteiger partial charge on any atom is -0.361 e. The van der Waals surface area contributed by atoms with Crippen LogP contribution in [0.1, 0.15) is 0 Å². The van der Waals surface area contributed by atoms with Crippen LogP contribution in [-0.2, 0) is 0 Å². The highest BCUT2D eigenvalue weighted by Gasteiger charge is 1.94. The van der Waals surface area contributed by atoms with Gasteiger partial charge in [0, 0.05) is 19.3 Å². The lowest BCUT2D eigenvalue weighted by molar-refractivity contribution is 0.883. The number of nitrogens with one attached hydrogen (secondary N) is 2. The fourth-order valence-electron chi connectivity index (χ4n) is 0.798. The molecule has 4 nitrogen and oxygen atoms in total. The van der Waals surface area contributed by atoms with E-state index in [1.165, 1.54) is 0 Å². The molecule has 0 aliphatic heterocycles. The molecule has 0 atom stereocenters. The van der Waals surface area contributed by atoms with E-state index in [2.05, 4.69) is 15.6 Å². The van der Waals surface area contributed by atoms with Gasteiger partial charge in [-0.3, -0.25) is 4.98 Å². The van der Waals surface area contributed by atoms with Crippen LogP contribution in [0, 0.1) is 0 Å². The van der Waals surface area contributed by atoms with Crippen LogP contribution in [0.25, 0.3) is 0 Å². The molecule has 1 heterocycles. The zero-order valence-corrected chi connectivity index (χ0v) is 7.97. The first-order chi connectivity index (χ1) is 6.33. The molecule has 1 aromatic heterocycles. The van der Waals surface area contributed by atoms with Gasteiger partial charge < -0.3 is 16.4 Å². The van der Waals surface area contributed by atoms with Crippen LogP contribution in [0.5, 0.6) is 0 Å². The van der Waals surface area contributed by atoms with Gasteiger partial charge in [-0.15, -0.1) is 0 Å². The molecule has 0 radical (unpaired) electrons. The second-order valence-corrected chi connectivity index (χ2v) is 2.82. The number of thiocarbonyl (C=S) groups is 1. The quantitative estimate of drug-likeness (QED) is 0.608. The lowest BCUT2D eigenvalue weighted by Crippen LogP contribution is -2.32. The molecule has 1 rings (SSSR count). The van der Waals surface area contributed by atoms with E-state index in [0.29, 0.717) is 18.2 Å². The fraction of sp³-hybridized carbons (Fsp3) is 0.250. The molecule has 0 unspecified atom stereocenters. The zero-order valence-electron chi connectivity index (χ0n) is 7.16. The van der Waals surface area contributed by atoms with Crippen molar-refractivity contribution < 1.29 is 0 Å². The van der Waals surface area contributed by atoms with Crippen LogP contribution < -0.4 is 16.4 Å². The normalized spacial score (nSPS) is 9.31. The van der Waals surface area contributed by atoms with Gasteiger partial charge in [-0.25, -0.2) is 0 Å². The van der Waals surface area contributed by atoms with Gasteiger partial charge in [0.1, 0.15) is 0 Å². The molecule has 5 heteroatoms. The van der Waals surface area contributed by atoms with Crippen molar-refractivity contribution >= 4 is 23.0 Å². The van der Waals surface area contributed by atoms with E-state index >= 15 is 0 Å². The van der Waals surface area contributed by atoms with E-state index in [9.17, 15) is 0 Å².